The molecule has 0 atom stereocenters. The molecule has 0 aromatic rings. The molecule has 0 fully saturated rings. The molecule has 0 bridgehead atoms. The minimum absolute atomic E-state index is 0. The second-order valence-corrected chi connectivity index (χ2v) is 6.00. The van der Waals surface area contributed by atoms with E-state index in [-0.39, 0.29) is 34.0 Å². The summed E-state index contributed by atoms with van der Waals surface area (Å²) in [6, 6.07) is 0. The van der Waals surface area contributed by atoms with Gasteiger partial charge in [0, 0.05) is 0 Å². The number of halogens is 2. The van der Waals surface area contributed by atoms with Crippen molar-refractivity contribution in [1.29, 1.82) is 0 Å². The first-order valence-electron chi connectivity index (χ1n) is 4.00. The molecule has 0 heterocycles. The molecule has 0 nitrogen and oxygen atoms in total. The Kier molecular flexibility index (Phi) is 16.5. The molecule has 2 heteroatoms. The Morgan fingerprint density at radius 2 is 0.417 bits per heavy atom. The van der Waals surface area contributed by atoms with Gasteiger partial charge in [-0.1, -0.05) is 55.4 Å². The highest BCUT2D eigenvalue weighted by atomic mass is 79.9. The van der Waals surface area contributed by atoms with E-state index in [0.29, 0.717) is 10.8 Å². The molecule has 0 rings (SSSR count). The fraction of sp³-hybridized carbons (Fsp3) is 1.00. The summed E-state index contributed by atoms with van der Waals surface area (Å²) in [6.45, 7) is 17.5. The average Bonchev–Trinajstić information content (AvgIpc) is 1.12. The molecule has 0 aliphatic rings. The normalized spacial score (nSPS) is 10.0. The van der Waals surface area contributed by atoms with E-state index in [2.05, 4.69) is 55.4 Å². The SMILES string of the molecule is Br.Br.CC(C)(C)C.CC(C)(C)C. The lowest BCUT2D eigenvalue weighted by Crippen LogP contribution is -1.93. The highest BCUT2D eigenvalue weighted by Gasteiger charge is 1.96. The van der Waals surface area contributed by atoms with E-state index >= 15 is 0 Å². The first-order chi connectivity index (χ1) is 4.00. The third-order valence-electron chi connectivity index (χ3n) is 0. The zero-order chi connectivity index (χ0) is 9.00. The Hall–Kier alpha value is 0.960. The summed E-state index contributed by atoms with van der Waals surface area (Å²) in [6.07, 6.45) is 0. The Morgan fingerprint density at radius 3 is 0.417 bits per heavy atom. The molecule has 0 radical (unpaired) electrons. The zero-order valence-corrected chi connectivity index (χ0v) is 13.2. The molecule has 0 spiro atoms. The van der Waals surface area contributed by atoms with E-state index in [1.807, 2.05) is 0 Å². The number of hydrogen-bond donors (Lipinski definition) is 0. The van der Waals surface area contributed by atoms with Crippen molar-refractivity contribution in [2.24, 2.45) is 10.8 Å². The summed E-state index contributed by atoms with van der Waals surface area (Å²) in [4.78, 5) is 0. The van der Waals surface area contributed by atoms with Crippen molar-refractivity contribution >= 4 is 34.0 Å². The number of rotatable bonds is 0. The van der Waals surface area contributed by atoms with E-state index in [1.165, 1.54) is 0 Å². The van der Waals surface area contributed by atoms with Crippen LogP contribution in [0.25, 0.3) is 0 Å². The van der Waals surface area contributed by atoms with Crippen LogP contribution in [0.4, 0.5) is 0 Å². The van der Waals surface area contributed by atoms with Crippen LogP contribution in [-0.2, 0) is 0 Å². The van der Waals surface area contributed by atoms with Gasteiger partial charge in [0.15, 0.2) is 0 Å². The topological polar surface area (TPSA) is 0 Å². The van der Waals surface area contributed by atoms with Gasteiger partial charge in [-0.05, 0) is 10.8 Å². The van der Waals surface area contributed by atoms with Gasteiger partial charge in [0.2, 0.25) is 0 Å². The van der Waals surface area contributed by atoms with Crippen molar-refractivity contribution in [1.82, 2.24) is 0 Å². The molecule has 12 heavy (non-hydrogen) atoms. The van der Waals surface area contributed by atoms with Crippen LogP contribution >= 0.6 is 34.0 Å². The van der Waals surface area contributed by atoms with Crippen LogP contribution in [0.1, 0.15) is 55.4 Å². The molecule has 80 valence electrons. The summed E-state index contributed by atoms with van der Waals surface area (Å²) in [7, 11) is 0. The van der Waals surface area contributed by atoms with Gasteiger partial charge in [0.25, 0.3) is 0 Å². The minimum Gasteiger partial charge on any atom is -0.114 e. The minimum atomic E-state index is 0. The van der Waals surface area contributed by atoms with Gasteiger partial charge in [-0.3, -0.25) is 0 Å². The Bertz CT molecular complexity index is 50.8. The van der Waals surface area contributed by atoms with Gasteiger partial charge in [0.1, 0.15) is 0 Å². The quantitative estimate of drug-likeness (QED) is 0.572. The summed E-state index contributed by atoms with van der Waals surface area (Å²) < 4.78 is 0. The maximum absolute atomic E-state index is 2.19. The van der Waals surface area contributed by atoms with Crippen LogP contribution in [0, 0.1) is 10.8 Å². The smallest absolute Gasteiger partial charge is 0.0411 e. The molecular formula is C10H26Br2. The monoisotopic (exact) mass is 304 g/mol. The fourth-order valence-corrected chi connectivity index (χ4v) is 0. The van der Waals surface area contributed by atoms with E-state index in [0.717, 1.165) is 0 Å². The van der Waals surface area contributed by atoms with Gasteiger partial charge < -0.3 is 0 Å². The molecule has 0 aliphatic carbocycles. The highest BCUT2D eigenvalue weighted by molar-refractivity contribution is 8.93. The lowest BCUT2D eigenvalue weighted by Gasteiger charge is -2.05. The third kappa shape index (κ3) is 1180. The maximum atomic E-state index is 2.19. The molecular weight excluding hydrogens is 280 g/mol. The van der Waals surface area contributed by atoms with Crippen molar-refractivity contribution in [3.05, 3.63) is 0 Å². The van der Waals surface area contributed by atoms with Crippen molar-refractivity contribution in [3.8, 4) is 0 Å². The third-order valence-corrected chi connectivity index (χ3v) is 0. The summed E-state index contributed by atoms with van der Waals surface area (Å²) in [5, 5.41) is 0. The van der Waals surface area contributed by atoms with Crippen LogP contribution in [0.15, 0.2) is 0 Å². The largest absolute Gasteiger partial charge is 0.114 e. The van der Waals surface area contributed by atoms with Crippen LogP contribution in [0.2, 0.25) is 0 Å². The molecule has 0 aromatic carbocycles. The van der Waals surface area contributed by atoms with E-state index in [9.17, 15) is 0 Å². The molecule has 0 N–H and O–H groups in total. The summed E-state index contributed by atoms with van der Waals surface area (Å²) in [5.74, 6) is 0. The van der Waals surface area contributed by atoms with Gasteiger partial charge in [-0.15, -0.1) is 34.0 Å². The molecule has 0 amide bonds. The Balaban J connectivity index is -0.0000000457. The molecule has 0 aliphatic heterocycles. The van der Waals surface area contributed by atoms with Crippen molar-refractivity contribution in [2.75, 3.05) is 0 Å². The molecule has 0 saturated carbocycles. The van der Waals surface area contributed by atoms with E-state index < -0.39 is 0 Å². The van der Waals surface area contributed by atoms with Crippen molar-refractivity contribution in [3.63, 3.8) is 0 Å². The second kappa shape index (κ2) is 8.55. The summed E-state index contributed by atoms with van der Waals surface area (Å²) in [5.41, 5.74) is 1.00. The predicted molar refractivity (Wildman–Crippen MR) is 70.9 cm³/mol. The lowest BCUT2D eigenvalue weighted by molar-refractivity contribution is 0.469. The molecule has 0 unspecified atom stereocenters. The van der Waals surface area contributed by atoms with Crippen LogP contribution in [0.5, 0.6) is 0 Å². The van der Waals surface area contributed by atoms with E-state index in [1.54, 1.807) is 0 Å². The van der Waals surface area contributed by atoms with Crippen LogP contribution in [-0.4, -0.2) is 0 Å². The first-order valence-corrected chi connectivity index (χ1v) is 4.00. The van der Waals surface area contributed by atoms with Gasteiger partial charge >= 0.3 is 0 Å². The number of hydrogen-bond acceptors (Lipinski definition) is 0. The van der Waals surface area contributed by atoms with Crippen molar-refractivity contribution in [2.45, 2.75) is 55.4 Å². The van der Waals surface area contributed by atoms with Gasteiger partial charge in [-0.2, -0.15) is 0 Å². The summed E-state index contributed by atoms with van der Waals surface area (Å²) >= 11 is 0. The predicted octanol–water partition coefficient (Wildman–Crippen LogP) is 5.26. The maximum Gasteiger partial charge on any atom is -0.0411 e. The lowest BCUT2D eigenvalue weighted by atomic mass is 10.0. The first kappa shape index (κ1) is 23.1. The molecule has 0 aromatic heterocycles. The van der Waals surface area contributed by atoms with E-state index in [4.69, 9.17) is 0 Å². The highest BCUT2D eigenvalue weighted by Crippen LogP contribution is 2.08. The zero-order valence-electron chi connectivity index (χ0n) is 9.82. The Labute approximate surface area is 100 Å². The van der Waals surface area contributed by atoms with Crippen molar-refractivity contribution < 1.29 is 0 Å². The van der Waals surface area contributed by atoms with Gasteiger partial charge in [-0.25, -0.2) is 0 Å². The average molecular weight is 306 g/mol. The second-order valence-electron chi connectivity index (χ2n) is 6.00. The molecule has 0 saturated heterocycles. The van der Waals surface area contributed by atoms with Gasteiger partial charge in [0.05, 0.1) is 0 Å². The van der Waals surface area contributed by atoms with Crippen LogP contribution in [0.3, 0.4) is 0 Å². The standard InChI is InChI=1S/2C5H12.2BrH/c2*1-5(2,3)4;;/h2*1-4H3;2*1H. The van der Waals surface area contributed by atoms with Crippen LogP contribution < -0.4 is 0 Å². The fourth-order valence-electron chi connectivity index (χ4n) is 0. The Morgan fingerprint density at radius 1 is 0.417 bits per heavy atom.